The van der Waals surface area contributed by atoms with E-state index in [0.717, 1.165) is 43.7 Å². The van der Waals surface area contributed by atoms with E-state index in [0.29, 0.717) is 11.5 Å². The fourth-order valence-corrected chi connectivity index (χ4v) is 3.53. The van der Waals surface area contributed by atoms with Crippen LogP contribution in [0.15, 0.2) is 42.6 Å². The summed E-state index contributed by atoms with van der Waals surface area (Å²) in [5, 5.41) is 0. The van der Waals surface area contributed by atoms with Crippen LogP contribution < -0.4 is 4.90 Å². The lowest BCUT2D eigenvalue weighted by atomic mass is 9.91. The van der Waals surface area contributed by atoms with Crippen LogP contribution in [0.25, 0.3) is 0 Å². The van der Waals surface area contributed by atoms with Crippen LogP contribution in [0.5, 0.6) is 0 Å². The molecule has 1 amide bonds. The van der Waals surface area contributed by atoms with E-state index in [9.17, 15) is 9.18 Å². The van der Waals surface area contributed by atoms with Gasteiger partial charge in [-0.3, -0.25) is 4.79 Å². The fourth-order valence-electron chi connectivity index (χ4n) is 3.53. The number of hydrogen-bond donors (Lipinski definition) is 0. The molecule has 1 aromatic carbocycles. The Morgan fingerprint density at radius 2 is 2.08 bits per heavy atom. The number of benzene rings is 1. The molecule has 0 aliphatic carbocycles. The van der Waals surface area contributed by atoms with Gasteiger partial charge in [-0.25, -0.2) is 9.37 Å². The average molecular weight is 355 g/mol. The highest BCUT2D eigenvalue weighted by Gasteiger charge is 2.21. The lowest BCUT2D eigenvalue weighted by Crippen LogP contribution is -2.36. The number of amides is 1. The highest BCUT2D eigenvalue weighted by atomic mass is 19.1. The highest BCUT2D eigenvalue weighted by molar-refractivity contribution is 5.93. The molecule has 2 heterocycles. The molecule has 1 saturated heterocycles. The second-order valence-electron chi connectivity index (χ2n) is 7.19. The quantitative estimate of drug-likeness (QED) is 0.819. The largest absolute Gasteiger partial charge is 0.356 e. The number of carbonyl (C=O) groups excluding carboxylic acids is 1. The Morgan fingerprint density at radius 3 is 2.77 bits per heavy atom. The molecule has 4 nitrogen and oxygen atoms in total. The maximum Gasteiger partial charge on any atom is 0.254 e. The number of pyridine rings is 1. The van der Waals surface area contributed by atoms with Gasteiger partial charge in [-0.2, -0.15) is 0 Å². The number of hydrogen-bond acceptors (Lipinski definition) is 3. The minimum atomic E-state index is -0.108. The molecule has 0 bridgehead atoms. The van der Waals surface area contributed by atoms with Gasteiger partial charge in [-0.15, -0.1) is 0 Å². The van der Waals surface area contributed by atoms with Crippen molar-refractivity contribution < 1.29 is 9.18 Å². The van der Waals surface area contributed by atoms with Gasteiger partial charge in [0.05, 0.1) is 5.56 Å². The molecule has 26 heavy (non-hydrogen) atoms. The van der Waals surface area contributed by atoms with Crippen molar-refractivity contribution in [2.75, 3.05) is 32.1 Å². The van der Waals surface area contributed by atoms with Crippen LogP contribution in [0.2, 0.25) is 0 Å². The molecule has 1 aromatic heterocycles. The molecule has 0 spiro atoms. The van der Waals surface area contributed by atoms with Crippen LogP contribution in [0.4, 0.5) is 10.2 Å². The molecule has 0 N–H and O–H groups in total. The first-order chi connectivity index (χ1) is 12.5. The van der Waals surface area contributed by atoms with Crippen molar-refractivity contribution in [2.24, 2.45) is 5.92 Å². The fraction of sp³-hybridized carbons (Fsp3) is 0.429. The third-order valence-electron chi connectivity index (χ3n) is 5.02. The lowest BCUT2D eigenvalue weighted by molar-refractivity contribution is 0.0827. The number of aryl methyl sites for hydroxylation is 1. The first-order valence-corrected chi connectivity index (χ1v) is 9.20. The molecule has 138 valence electrons. The van der Waals surface area contributed by atoms with E-state index >= 15 is 0 Å². The first kappa shape index (κ1) is 18.4. The van der Waals surface area contributed by atoms with Gasteiger partial charge in [-0.1, -0.05) is 18.2 Å². The van der Waals surface area contributed by atoms with Crippen LogP contribution in [-0.4, -0.2) is 43.0 Å². The number of aromatic nitrogens is 1. The Morgan fingerprint density at radius 1 is 1.27 bits per heavy atom. The summed E-state index contributed by atoms with van der Waals surface area (Å²) in [5.41, 5.74) is 1.40. The van der Waals surface area contributed by atoms with Gasteiger partial charge in [0.15, 0.2) is 0 Å². The molecule has 3 rings (SSSR count). The Hall–Kier alpha value is -2.43. The first-order valence-electron chi connectivity index (χ1n) is 9.20. The Balaban J connectivity index is 1.59. The molecule has 0 saturated carbocycles. The van der Waals surface area contributed by atoms with E-state index in [1.165, 1.54) is 12.5 Å². The zero-order valence-electron chi connectivity index (χ0n) is 15.5. The molecule has 1 aliphatic heterocycles. The van der Waals surface area contributed by atoms with Crippen molar-refractivity contribution in [1.29, 1.82) is 0 Å². The molecule has 0 radical (unpaired) electrons. The zero-order valence-corrected chi connectivity index (χ0v) is 15.5. The summed E-state index contributed by atoms with van der Waals surface area (Å²) in [6.45, 7) is 1.91. The van der Waals surface area contributed by atoms with Crippen LogP contribution in [0.1, 0.15) is 35.2 Å². The molecule has 1 fully saturated rings. The second kappa shape index (κ2) is 8.30. The van der Waals surface area contributed by atoms with Crippen LogP contribution in [0, 0.1) is 11.7 Å². The van der Waals surface area contributed by atoms with Gasteiger partial charge >= 0.3 is 0 Å². The van der Waals surface area contributed by atoms with Crippen molar-refractivity contribution in [2.45, 2.75) is 25.7 Å². The minimum Gasteiger partial charge on any atom is -0.356 e. The average Bonchev–Trinajstić information content (AvgIpc) is 2.67. The number of piperidine rings is 1. The summed E-state index contributed by atoms with van der Waals surface area (Å²) >= 11 is 0. The summed E-state index contributed by atoms with van der Waals surface area (Å²) in [7, 11) is 3.47. The second-order valence-corrected chi connectivity index (χ2v) is 7.19. The molecular formula is C21H26FN3O. The SMILES string of the molecule is CN(C)C(=O)c1ccc(N2CCC[C@@H](CCc3ccccc3F)C2)nc1. The van der Waals surface area contributed by atoms with Crippen molar-refractivity contribution in [3.8, 4) is 0 Å². The van der Waals surface area contributed by atoms with Gasteiger partial charge in [0, 0.05) is 33.4 Å². The van der Waals surface area contributed by atoms with Crippen molar-refractivity contribution in [3.05, 3.63) is 59.5 Å². The minimum absolute atomic E-state index is 0.0366. The summed E-state index contributed by atoms with van der Waals surface area (Å²) in [6.07, 6.45) is 5.69. The Kier molecular flexibility index (Phi) is 5.86. The number of nitrogens with zero attached hydrogens (tertiary/aromatic N) is 3. The summed E-state index contributed by atoms with van der Waals surface area (Å²) in [4.78, 5) is 20.3. The van der Waals surface area contributed by atoms with Crippen molar-refractivity contribution >= 4 is 11.7 Å². The van der Waals surface area contributed by atoms with Crippen LogP contribution >= 0.6 is 0 Å². The van der Waals surface area contributed by atoms with E-state index in [1.54, 1.807) is 31.3 Å². The maximum atomic E-state index is 13.8. The number of rotatable bonds is 5. The molecular weight excluding hydrogens is 329 g/mol. The van der Waals surface area contributed by atoms with Gasteiger partial charge in [0.1, 0.15) is 11.6 Å². The Bertz CT molecular complexity index is 745. The standard InChI is InChI=1S/C21H26FN3O/c1-24(2)21(26)18-11-12-20(23-14-18)25-13-5-6-16(15-25)9-10-17-7-3-4-8-19(17)22/h3-4,7-8,11-12,14,16H,5-6,9-10,13,15H2,1-2H3/t16-/m0/s1. The summed E-state index contributed by atoms with van der Waals surface area (Å²) in [5.74, 6) is 1.30. The third kappa shape index (κ3) is 4.40. The molecule has 1 atom stereocenters. The zero-order chi connectivity index (χ0) is 18.5. The van der Waals surface area contributed by atoms with Crippen LogP contribution in [0.3, 0.4) is 0 Å². The van der Waals surface area contributed by atoms with E-state index in [1.807, 2.05) is 24.3 Å². The smallest absolute Gasteiger partial charge is 0.254 e. The highest BCUT2D eigenvalue weighted by Crippen LogP contribution is 2.25. The third-order valence-corrected chi connectivity index (χ3v) is 5.02. The number of carbonyl (C=O) groups is 1. The lowest BCUT2D eigenvalue weighted by Gasteiger charge is -2.33. The van der Waals surface area contributed by atoms with E-state index in [2.05, 4.69) is 9.88 Å². The van der Waals surface area contributed by atoms with Gasteiger partial charge in [0.2, 0.25) is 0 Å². The summed E-state index contributed by atoms with van der Waals surface area (Å²) in [6, 6.07) is 10.8. The van der Waals surface area contributed by atoms with Gasteiger partial charge in [-0.05, 0) is 55.4 Å². The maximum absolute atomic E-state index is 13.8. The van der Waals surface area contributed by atoms with Crippen molar-refractivity contribution in [3.63, 3.8) is 0 Å². The van der Waals surface area contributed by atoms with E-state index in [-0.39, 0.29) is 11.7 Å². The van der Waals surface area contributed by atoms with Gasteiger partial charge < -0.3 is 9.80 Å². The van der Waals surface area contributed by atoms with Gasteiger partial charge in [0.25, 0.3) is 5.91 Å². The predicted molar refractivity (Wildman–Crippen MR) is 102 cm³/mol. The molecule has 5 heteroatoms. The normalized spacial score (nSPS) is 17.2. The number of anilines is 1. The Labute approximate surface area is 154 Å². The summed E-state index contributed by atoms with van der Waals surface area (Å²) < 4.78 is 13.8. The van der Waals surface area contributed by atoms with E-state index in [4.69, 9.17) is 0 Å². The van der Waals surface area contributed by atoms with E-state index < -0.39 is 0 Å². The topological polar surface area (TPSA) is 36.4 Å². The number of halogens is 1. The molecule has 2 aromatic rings. The predicted octanol–water partition coefficient (Wildman–Crippen LogP) is 3.77. The molecule has 1 aliphatic rings. The molecule has 0 unspecified atom stereocenters. The van der Waals surface area contributed by atoms with Crippen LogP contribution in [-0.2, 0) is 6.42 Å². The van der Waals surface area contributed by atoms with Crippen molar-refractivity contribution in [1.82, 2.24) is 9.88 Å². The monoisotopic (exact) mass is 355 g/mol.